The minimum absolute atomic E-state index is 0.197. The van der Waals surface area contributed by atoms with Gasteiger partial charge >= 0.3 is 5.91 Å². The summed E-state index contributed by atoms with van der Waals surface area (Å²) in [6.45, 7) is 1.82. The number of furan rings is 1. The molecule has 4 rings (SSSR count). The Kier molecular flexibility index (Phi) is 4.60. The number of hydrogen-bond donors (Lipinski definition) is 2. The van der Waals surface area contributed by atoms with E-state index in [1.165, 1.54) is 0 Å². The fourth-order valence-electron chi connectivity index (χ4n) is 2.88. The van der Waals surface area contributed by atoms with Crippen molar-refractivity contribution in [1.29, 1.82) is 0 Å². The first-order valence-electron chi connectivity index (χ1n) is 8.53. The molecule has 0 aliphatic carbocycles. The van der Waals surface area contributed by atoms with E-state index in [2.05, 4.69) is 15.8 Å². The largest absolute Gasteiger partial charge is 0.451 e. The number of para-hydroxylation sites is 2. The van der Waals surface area contributed by atoms with Crippen molar-refractivity contribution in [2.45, 2.75) is 19.8 Å². The number of aromatic nitrogens is 1. The number of nitrogens with zero attached hydrogens (tertiary/aromatic N) is 1. The average Bonchev–Trinajstić information content (AvgIpc) is 3.25. The van der Waals surface area contributed by atoms with Crippen LogP contribution in [0.4, 0.5) is 0 Å². The number of fused-ring (bicyclic) bond motifs is 2. The van der Waals surface area contributed by atoms with E-state index in [0.717, 1.165) is 26.2 Å². The molecule has 0 radical (unpaired) electrons. The maximum atomic E-state index is 12.3. The van der Waals surface area contributed by atoms with Gasteiger partial charge in [0.2, 0.25) is 5.91 Å². The summed E-state index contributed by atoms with van der Waals surface area (Å²) in [5.41, 5.74) is 7.17. The highest BCUT2D eigenvalue weighted by molar-refractivity contribution is 7.18. The quantitative estimate of drug-likeness (QED) is 0.529. The van der Waals surface area contributed by atoms with Crippen molar-refractivity contribution in [3.8, 4) is 0 Å². The Morgan fingerprint density at radius 3 is 2.67 bits per heavy atom. The molecule has 0 atom stereocenters. The highest BCUT2D eigenvalue weighted by Gasteiger charge is 2.17. The molecule has 0 fully saturated rings. The number of carbonyl (C=O) groups excluding carboxylic acids is 2. The normalized spacial score (nSPS) is 11.0. The molecule has 6 nitrogen and oxygen atoms in total. The molecule has 2 amide bonds. The lowest BCUT2D eigenvalue weighted by Crippen LogP contribution is -2.41. The number of amides is 2. The molecule has 2 aromatic heterocycles. The van der Waals surface area contributed by atoms with Gasteiger partial charge in [-0.1, -0.05) is 30.3 Å². The number of aryl methyl sites for hydroxylation is 2. The minimum Gasteiger partial charge on any atom is -0.451 e. The van der Waals surface area contributed by atoms with Gasteiger partial charge in [-0.05, 0) is 25.1 Å². The highest BCUT2D eigenvalue weighted by Crippen LogP contribution is 2.25. The molecule has 2 N–H and O–H groups in total. The number of hydrogen-bond acceptors (Lipinski definition) is 5. The van der Waals surface area contributed by atoms with Gasteiger partial charge in [0.1, 0.15) is 5.58 Å². The van der Waals surface area contributed by atoms with E-state index in [1.54, 1.807) is 17.4 Å². The summed E-state index contributed by atoms with van der Waals surface area (Å²) >= 11 is 1.57. The lowest BCUT2D eigenvalue weighted by molar-refractivity contribution is -0.121. The summed E-state index contributed by atoms with van der Waals surface area (Å²) < 4.78 is 6.68. The molecule has 0 aliphatic heterocycles. The zero-order chi connectivity index (χ0) is 18.8. The van der Waals surface area contributed by atoms with Crippen molar-refractivity contribution in [3.05, 3.63) is 64.9 Å². The van der Waals surface area contributed by atoms with Crippen LogP contribution in [0.2, 0.25) is 0 Å². The first-order chi connectivity index (χ1) is 13.1. The van der Waals surface area contributed by atoms with Crippen molar-refractivity contribution >= 4 is 44.3 Å². The maximum Gasteiger partial charge on any atom is 0.305 e. The van der Waals surface area contributed by atoms with E-state index in [1.807, 2.05) is 49.4 Å². The molecule has 27 heavy (non-hydrogen) atoms. The fraction of sp³-hybridized carbons (Fsp3) is 0.150. The summed E-state index contributed by atoms with van der Waals surface area (Å²) in [7, 11) is 0. The number of thiazole rings is 1. The Labute approximate surface area is 159 Å². The van der Waals surface area contributed by atoms with Gasteiger partial charge in [-0.3, -0.25) is 20.4 Å². The predicted molar refractivity (Wildman–Crippen MR) is 105 cm³/mol. The summed E-state index contributed by atoms with van der Waals surface area (Å²) in [5.74, 6) is -0.559. The van der Waals surface area contributed by atoms with Gasteiger partial charge < -0.3 is 4.42 Å². The number of carbonyl (C=O) groups is 2. The maximum absolute atomic E-state index is 12.3. The fourth-order valence-corrected chi connectivity index (χ4v) is 3.85. The highest BCUT2D eigenvalue weighted by atomic mass is 32.1. The lowest BCUT2D eigenvalue weighted by atomic mass is 10.1. The summed E-state index contributed by atoms with van der Waals surface area (Å²) in [6.07, 6.45) is 0.754. The molecule has 2 aromatic carbocycles. The molecule has 0 spiro atoms. The van der Waals surface area contributed by atoms with Crippen LogP contribution in [0, 0.1) is 6.92 Å². The SMILES string of the molecule is Cc1c(C(=O)NNC(=O)CCc2nc3ccccc3s2)oc2ccccc12. The predicted octanol–water partition coefficient (Wildman–Crippen LogP) is 3.74. The van der Waals surface area contributed by atoms with Gasteiger partial charge in [-0.2, -0.15) is 0 Å². The molecule has 0 saturated heterocycles. The average molecular weight is 379 g/mol. The van der Waals surface area contributed by atoms with Crippen LogP contribution in [0.3, 0.4) is 0 Å². The third kappa shape index (κ3) is 3.54. The van der Waals surface area contributed by atoms with Crippen LogP contribution >= 0.6 is 11.3 Å². The standard InChI is InChI=1S/C20H17N3O3S/c1-12-13-6-2-4-8-15(13)26-19(12)20(25)23-22-17(24)10-11-18-21-14-7-3-5-9-16(14)27-18/h2-9H,10-11H2,1H3,(H,22,24)(H,23,25). The van der Waals surface area contributed by atoms with E-state index < -0.39 is 5.91 Å². The van der Waals surface area contributed by atoms with Gasteiger partial charge in [-0.15, -0.1) is 11.3 Å². The molecule has 4 aromatic rings. The van der Waals surface area contributed by atoms with E-state index >= 15 is 0 Å². The van der Waals surface area contributed by atoms with Crippen LogP contribution in [0.1, 0.15) is 27.5 Å². The van der Waals surface area contributed by atoms with Crippen molar-refractivity contribution < 1.29 is 14.0 Å². The van der Waals surface area contributed by atoms with Crippen LogP contribution in [-0.2, 0) is 11.2 Å². The summed E-state index contributed by atoms with van der Waals surface area (Å²) in [5, 5.41) is 1.77. The molecular formula is C20H17N3O3S. The Balaban J connectivity index is 1.34. The van der Waals surface area contributed by atoms with E-state index in [-0.39, 0.29) is 18.1 Å². The first-order valence-corrected chi connectivity index (χ1v) is 9.35. The second-order valence-corrected chi connectivity index (χ2v) is 7.25. The molecule has 7 heteroatoms. The number of benzene rings is 2. The minimum atomic E-state index is -0.475. The van der Waals surface area contributed by atoms with Crippen molar-refractivity contribution in [1.82, 2.24) is 15.8 Å². The smallest absolute Gasteiger partial charge is 0.305 e. The molecular weight excluding hydrogens is 362 g/mol. The molecule has 0 bridgehead atoms. The molecule has 0 saturated carbocycles. The third-order valence-corrected chi connectivity index (χ3v) is 5.37. The van der Waals surface area contributed by atoms with Crippen molar-refractivity contribution in [3.63, 3.8) is 0 Å². The molecule has 0 unspecified atom stereocenters. The van der Waals surface area contributed by atoms with E-state index in [0.29, 0.717) is 12.0 Å². The zero-order valence-corrected chi connectivity index (χ0v) is 15.4. The molecule has 2 heterocycles. The topological polar surface area (TPSA) is 84.2 Å². The Hall–Kier alpha value is -3.19. The van der Waals surface area contributed by atoms with Crippen molar-refractivity contribution in [2.24, 2.45) is 0 Å². The van der Waals surface area contributed by atoms with Crippen LogP contribution in [0.15, 0.2) is 52.9 Å². The second-order valence-electron chi connectivity index (χ2n) is 6.13. The third-order valence-electron chi connectivity index (χ3n) is 4.27. The van der Waals surface area contributed by atoms with Gasteiger partial charge in [0.05, 0.1) is 15.2 Å². The van der Waals surface area contributed by atoms with Crippen LogP contribution in [-0.4, -0.2) is 16.8 Å². The number of nitrogens with one attached hydrogen (secondary N) is 2. The van der Waals surface area contributed by atoms with Gasteiger partial charge in [0, 0.05) is 23.8 Å². The zero-order valence-electron chi connectivity index (χ0n) is 14.6. The Morgan fingerprint density at radius 2 is 1.85 bits per heavy atom. The second kappa shape index (κ2) is 7.20. The molecule has 0 aliphatic rings. The lowest BCUT2D eigenvalue weighted by Gasteiger charge is -2.05. The van der Waals surface area contributed by atoms with Crippen LogP contribution < -0.4 is 10.9 Å². The van der Waals surface area contributed by atoms with Crippen molar-refractivity contribution in [2.75, 3.05) is 0 Å². The first kappa shape index (κ1) is 17.2. The Morgan fingerprint density at radius 1 is 1.07 bits per heavy atom. The van der Waals surface area contributed by atoms with E-state index in [9.17, 15) is 9.59 Å². The molecule has 136 valence electrons. The number of rotatable bonds is 4. The van der Waals surface area contributed by atoms with Gasteiger partial charge in [0.25, 0.3) is 0 Å². The monoisotopic (exact) mass is 379 g/mol. The van der Waals surface area contributed by atoms with Gasteiger partial charge in [0.15, 0.2) is 5.76 Å². The Bertz CT molecular complexity index is 1110. The summed E-state index contributed by atoms with van der Waals surface area (Å²) in [4.78, 5) is 28.8. The van der Waals surface area contributed by atoms with Crippen LogP contribution in [0.5, 0.6) is 0 Å². The number of hydrazine groups is 1. The van der Waals surface area contributed by atoms with E-state index in [4.69, 9.17) is 4.42 Å². The van der Waals surface area contributed by atoms with Gasteiger partial charge in [-0.25, -0.2) is 4.98 Å². The van der Waals surface area contributed by atoms with Crippen LogP contribution in [0.25, 0.3) is 21.2 Å². The summed E-state index contributed by atoms with van der Waals surface area (Å²) in [6, 6.07) is 15.3.